The Morgan fingerprint density at radius 1 is 0.973 bits per heavy atom. The van der Waals surface area contributed by atoms with Crippen LogP contribution in [0.2, 0.25) is 0 Å². The second kappa shape index (κ2) is 15.3. The first-order valence-electron chi connectivity index (χ1n) is 14.4. The molecule has 1 saturated carbocycles. The predicted molar refractivity (Wildman–Crippen MR) is 151 cm³/mol. The fourth-order valence-corrected chi connectivity index (χ4v) is 9.32. The summed E-state index contributed by atoms with van der Waals surface area (Å²) in [6, 6.07) is 0. The molecule has 0 spiro atoms. The largest absolute Gasteiger partial charge is 0.479 e. The molecule has 4 rings (SSSR count). The molecule has 6 nitrogen and oxygen atoms in total. The number of carboxylic acids is 1. The average molecular weight is 555 g/mol. The van der Waals surface area contributed by atoms with Gasteiger partial charge in [-0.05, 0) is 101 Å². The summed E-state index contributed by atoms with van der Waals surface area (Å²) < 4.78 is 24.8. The van der Waals surface area contributed by atoms with Crippen molar-refractivity contribution in [3.05, 3.63) is 24.3 Å². The molecule has 8 heteroatoms. The first-order valence-corrected chi connectivity index (χ1v) is 16.5. The van der Waals surface area contributed by atoms with Crippen LogP contribution in [0.5, 0.6) is 0 Å². The van der Waals surface area contributed by atoms with Gasteiger partial charge in [0.1, 0.15) is 6.10 Å². The van der Waals surface area contributed by atoms with E-state index in [4.69, 9.17) is 18.9 Å². The van der Waals surface area contributed by atoms with Gasteiger partial charge in [-0.3, -0.25) is 0 Å². The van der Waals surface area contributed by atoms with Crippen molar-refractivity contribution in [2.24, 2.45) is 11.8 Å². The van der Waals surface area contributed by atoms with Crippen molar-refractivity contribution in [3.63, 3.8) is 0 Å². The molecule has 37 heavy (non-hydrogen) atoms. The molecule has 210 valence electrons. The summed E-state index contributed by atoms with van der Waals surface area (Å²) in [5.74, 6) is 2.22. The van der Waals surface area contributed by atoms with Crippen LogP contribution in [0.4, 0.5) is 0 Å². The number of allylic oxidation sites excluding steroid dienone is 3. The van der Waals surface area contributed by atoms with Gasteiger partial charge in [0.15, 0.2) is 12.6 Å². The van der Waals surface area contributed by atoms with Crippen molar-refractivity contribution in [3.8, 4) is 0 Å². The molecule has 4 fully saturated rings. The van der Waals surface area contributed by atoms with E-state index in [1.165, 1.54) is 19.3 Å². The SMILES string of the molecule is CC=C[C@H]1CCC[C@@H]1CC=CCC(OC1CCCCO1)C(OC1CCCCO1)(C(=O)O)C1SCCCS1. The van der Waals surface area contributed by atoms with E-state index in [0.717, 1.165) is 56.5 Å². The summed E-state index contributed by atoms with van der Waals surface area (Å²) in [5, 5.41) is 10.9. The number of ether oxygens (including phenoxy) is 4. The van der Waals surface area contributed by atoms with E-state index in [2.05, 4.69) is 31.2 Å². The van der Waals surface area contributed by atoms with Crippen molar-refractivity contribution in [2.75, 3.05) is 24.7 Å². The van der Waals surface area contributed by atoms with Gasteiger partial charge < -0.3 is 24.1 Å². The minimum atomic E-state index is -1.51. The highest BCUT2D eigenvalue weighted by molar-refractivity contribution is 8.17. The molecule has 0 aromatic rings. The molecule has 3 aliphatic heterocycles. The molecule has 4 aliphatic rings. The Labute approximate surface area is 231 Å². The second-order valence-electron chi connectivity index (χ2n) is 10.7. The number of hydrogen-bond donors (Lipinski definition) is 1. The van der Waals surface area contributed by atoms with Crippen LogP contribution in [-0.2, 0) is 23.7 Å². The quantitative estimate of drug-likeness (QED) is 0.264. The zero-order valence-electron chi connectivity index (χ0n) is 22.4. The molecule has 1 N–H and O–H groups in total. The normalized spacial score (nSPS) is 32.6. The van der Waals surface area contributed by atoms with Gasteiger partial charge in [-0.15, -0.1) is 23.5 Å². The molecule has 0 amide bonds. The highest BCUT2D eigenvalue weighted by atomic mass is 32.2. The van der Waals surface area contributed by atoms with Gasteiger partial charge in [0, 0.05) is 13.2 Å². The minimum absolute atomic E-state index is 0.264. The highest BCUT2D eigenvalue weighted by Crippen LogP contribution is 2.46. The lowest BCUT2D eigenvalue weighted by Gasteiger charge is -2.45. The molecule has 3 heterocycles. The number of rotatable bonds is 12. The summed E-state index contributed by atoms with van der Waals surface area (Å²) in [4.78, 5) is 13.3. The third kappa shape index (κ3) is 8.01. The van der Waals surface area contributed by atoms with Crippen LogP contribution in [-0.4, -0.2) is 64.7 Å². The van der Waals surface area contributed by atoms with E-state index >= 15 is 0 Å². The van der Waals surface area contributed by atoms with E-state index < -0.39 is 30.3 Å². The maximum Gasteiger partial charge on any atom is 0.340 e. The Bertz CT molecular complexity index is 743. The predicted octanol–water partition coefficient (Wildman–Crippen LogP) is 6.79. The lowest BCUT2D eigenvalue weighted by molar-refractivity contribution is -0.278. The highest BCUT2D eigenvalue weighted by Gasteiger charge is 2.57. The Balaban J connectivity index is 1.56. The van der Waals surface area contributed by atoms with E-state index in [1.54, 1.807) is 23.5 Å². The Morgan fingerprint density at radius 3 is 2.35 bits per heavy atom. The minimum Gasteiger partial charge on any atom is -0.479 e. The standard InChI is InChI=1S/C29H46O6S2/c1-2-11-22-13-9-14-23(22)12-3-4-15-24(34-25-16-5-7-18-32-25)29(27(30)31,28-36-20-10-21-37-28)35-26-17-6-8-19-33-26/h2-4,11,22-26,28H,5-10,12-21H2,1H3,(H,30,31)/t22-,23-,24?,25?,26?,29?/m0/s1. The van der Waals surface area contributed by atoms with E-state index in [0.29, 0.717) is 37.9 Å². The van der Waals surface area contributed by atoms with Crippen molar-refractivity contribution in [1.82, 2.24) is 0 Å². The zero-order chi connectivity index (χ0) is 25.9. The topological polar surface area (TPSA) is 74.2 Å². The van der Waals surface area contributed by atoms with Crippen molar-refractivity contribution in [2.45, 2.75) is 113 Å². The van der Waals surface area contributed by atoms with E-state index in [-0.39, 0.29) is 4.58 Å². The molecule has 0 aromatic carbocycles. The molecule has 0 bridgehead atoms. The Morgan fingerprint density at radius 2 is 1.70 bits per heavy atom. The molecular weight excluding hydrogens is 508 g/mol. The van der Waals surface area contributed by atoms with E-state index in [1.807, 2.05) is 0 Å². The van der Waals surface area contributed by atoms with Gasteiger partial charge in [-0.1, -0.05) is 30.7 Å². The van der Waals surface area contributed by atoms with Crippen molar-refractivity contribution in [1.29, 1.82) is 0 Å². The number of hydrogen-bond acceptors (Lipinski definition) is 7. The van der Waals surface area contributed by atoms with Crippen LogP contribution >= 0.6 is 23.5 Å². The third-order valence-electron chi connectivity index (χ3n) is 8.02. The molecule has 1 aliphatic carbocycles. The first-order chi connectivity index (χ1) is 18.1. The Hall–Kier alpha value is -0.510. The number of carboxylic acid groups (broad SMARTS) is 1. The maximum atomic E-state index is 13.3. The second-order valence-corrected chi connectivity index (χ2v) is 13.4. The van der Waals surface area contributed by atoms with Gasteiger partial charge in [0.25, 0.3) is 0 Å². The molecular formula is C29H46O6S2. The third-order valence-corrected chi connectivity index (χ3v) is 11.2. The van der Waals surface area contributed by atoms with Crippen LogP contribution < -0.4 is 0 Å². The number of aliphatic carboxylic acids is 1. The lowest BCUT2D eigenvalue weighted by Crippen LogP contribution is -2.62. The number of carbonyl (C=O) groups is 1. The smallest absolute Gasteiger partial charge is 0.340 e. The van der Waals surface area contributed by atoms with Crippen molar-refractivity contribution >= 4 is 29.5 Å². The van der Waals surface area contributed by atoms with Crippen LogP contribution in [0.1, 0.15) is 84.0 Å². The molecule has 0 aromatic heterocycles. The van der Waals surface area contributed by atoms with Gasteiger partial charge in [0.05, 0.1) is 4.58 Å². The zero-order valence-corrected chi connectivity index (χ0v) is 24.0. The van der Waals surface area contributed by atoms with Gasteiger partial charge >= 0.3 is 5.97 Å². The first kappa shape index (κ1) is 29.5. The average Bonchev–Trinajstić information content (AvgIpc) is 3.37. The summed E-state index contributed by atoms with van der Waals surface area (Å²) in [6.45, 7) is 3.36. The monoisotopic (exact) mass is 554 g/mol. The van der Waals surface area contributed by atoms with Crippen LogP contribution in [0.25, 0.3) is 0 Å². The Kier molecular flexibility index (Phi) is 12.2. The van der Waals surface area contributed by atoms with Gasteiger partial charge in [-0.2, -0.15) is 0 Å². The molecule has 4 unspecified atom stereocenters. The van der Waals surface area contributed by atoms with Crippen molar-refractivity contribution < 1.29 is 28.8 Å². The van der Waals surface area contributed by atoms with Gasteiger partial charge in [0.2, 0.25) is 5.60 Å². The fraction of sp³-hybridized carbons (Fsp3) is 0.828. The maximum absolute atomic E-state index is 13.3. The van der Waals surface area contributed by atoms with E-state index in [9.17, 15) is 9.90 Å². The summed E-state index contributed by atoms with van der Waals surface area (Å²) in [6.07, 6.45) is 19.2. The summed E-state index contributed by atoms with van der Waals surface area (Å²) >= 11 is 3.38. The summed E-state index contributed by atoms with van der Waals surface area (Å²) in [5.41, 5.74) is -1.51. The lowest BCUT2D eigenvalue weighted by atomic mass is 9.91. The number of thioether (sulfide) groups is 2. The summed E-state index contributed by atoms with van der Waals surface area (Å²) in [7, 11) is 0. The van der Waals surface area contributed by atoms with Crippen LogP contribution in [0.3, 0.4) is 0 Å². The molecule has 0 radical (unpaired) electrons. The molecule has 6 atom stereocenters. The fourth-order valence-electron chi connectivity index (χ4n) is 6.01. The van der Waals surface area contributed by atoms with Crippen LogP contribution in [0, 0.1) is 11.8 Å². The van der Waals surface area contributed by atoms with Crippen LogP contribution in [0.15, 0.2) is 24.3 Å². The molecule has 3 saturated heterocycles. The van der Waals surface area contributed by atoms with Gasteiger partial charge in [-0.25, -0.2) is 4.79 Å².